The van der Waals surface area contributed by atoms with Crippen molar-refractivity contribution in [1.29, 1.82) is 0 Å². The third kappa shape index (κ3) is 3.43. The number of hydrogen-bond acceptors (Lipinski definition) is 4. The monoisotopic (exact) mass is 369 g/mol. The highest BCUT2D eigenvalue weighted by atomic mass is 35.5. The quantitative estimate of drug-likeness (QED) is 0.743. The molecule has 0 aliphatic carbocycles. The van der Waals surface area contributed by atoms with Gasteiger partial charge in [-0.3, -0.25) is 9.48 Å². The highest BCUT2D eigenvalue weighted by molar-refractivity contribution is 6.34. The summed E-state index contributed by atoms with van der Waals surface area (Å²) in [6, 6.07) is 5.80. The number of carbonyl (C=O) groups is 1. The van der Waals surface area contributed by atoms with Crippen molar-refractivity contribution in [1.82, 2.24) is 20.1 Å². The number of benzene rings is 1. The Morgan fingerprint density at radius 2 is 2.04 bits per heavy atom. The lowest BCUT2D eigenvalue weighted by Gasteiger charge is -2.21. The first kappa shape index (κ1) is 17.0. The molecule has 2 aromatic heterocycles. The Morgan fingerprint density at radius 1 is 1.23 bits per heavy atom. The van der Waals surface area contributed by atoms with E-state index in [0.717, 1.165) is 47.8 Å². The molecule has 0 spiro atoms. The number of nitrogens with one attached hydrogen (secondary N) is 2. The molecule has 0 bridgehead atoms. The number of hydrogen-bond donors (Lipinski definition) is 2. The highest BCUT2D eigenvalue weighted by Crippen LogP contribution is 2.32. The summed E-state index contributed by atoms with van der Waals surface area (Å²) in [5, 5.41) is 13.0. The third-order valence-electron chi connectivity index (χ3n) is 4.78. The van der Waals surface area contributed by atoms with Crippen molar-refractivity contribution in [2.45, 2.75) is 12.8 Å². The van der Waals surface area contributed by atoms with Gasteiger partial charge in [0, 0.05) is 46.9 Å². The largest absolute Gasteiger partial charge is 0.317 e. The van der Waals surface area contributed by atoms with Gasteiger partial charge in [-0.2, -0.15) is 5.10 Å². The second-order valence-electron chi connectivity index (χ2n) is 6.66. The number of carbonyl (C=O) groups excluding carboxylic acids is 1. The van der Waals surface area contributed by atoms with Crippen molar-refractivity contribution in [3.05, 3.63) is 41.8 Å². The van der Waals surface area contributed by atoms with Crippen LogP contribution in [0.2, 0.25) is 5.02 Å². The Kier molecular flexibility index (Phi) is 4.61. The number of rotatable bonds is 3. The Morgan fingerprint density at radius 3 is 2.77 bits per heavy atom. The van der Waals surface area contributed by atoms with Crippen molar-refractivity contribution in [3.63, 3.8) is 0 Å². The van der Waals surface area contributed by atoms with Crippen LogP contribution in [-0.4, -0.2) is 33.8 Å². The molecule has 2 N–H and O–H groups in total. The van der Waals surface area contributed by atoms with Crippen molar-refractivity contribution < 1.29 is 4.79 Å². The Bertz CT molecular complexity index is 962. The number of halogens is 1. The summed E-state index contributed by atoms with van der Waals surface area (Å²) >= 11 is 6.43. The molecule has 0 saturated carbocycles. The van der Waals surface area contributed by atoms with Gasteiger partial charge < -0.3 is 10.6 Å². The Balaban J connectivity index is 1.63. The number of piperidine rings is 1. The average molecular weight is 370 g/mol. The maximum atomic E-state index is 12.4. The third-order valence-corrected chi connectivity index (χ3v) is 5.10. The Labute approximate surface area is 156 Å². The molecule has 1 aromatic carbocycles. The van der Waals surface area contributed by atoms with Gasteiger partial charge in [0.2, 0.25) is 5.91 Å². The van der Waals surface area contributed by atoms with Crippen LogP contribution in [0.5, 0.6) is 0 Å². The second kappa shape index (κ2) is 7.05. The summed E-state index contributed by atoms with van der Waals surface area (Å²) in [7, 11) is 1.87. The predicted molar refractivity (Wildman–Crippen MR) is 103 cm³/mol. The first-order chi connectivity index (χ1) is 12.6. The minimum atomic E-state index is 0.0415. The van der Waals surface area contributed by atoms with Crippen LogP contribution in [0.15, 0.2) is 36.8 Å². The van der Waals surface area contributed by atoms with Crippen LogP contribution in [0, 0.1) is 5.92 Å². The lowest BCUT2D eigenvalue weighted by molar-refractivity contribution is -0.120. The summed E-state index contributed by atoms with van der Waals surface area (Å²) in [4.78, 5) is 16.8. The molecule has 0 atom stereocenters. The molecule has 7 heteroatoms. The molecule has 1 saturated heterocycles. The molecule has 3 heterocycles. The molecule has 1 aliphatic heterocycles. The first-order valence-electron chi connectivity index (χ1n) is 8.70. The SMILES string of the molecule is Cn1cc(-c2cc3cc(NC(=O)C4CCNCC4)ncc3cc2Cl)cn1. The van der Waals surface area contributed by atoms with Crippen molar-refractivity contribution in [3.8, 4) is 11.1 Å². The summed E-state index contributed by atoms with van der Waals surface area (Å²) in [6.07, 6.45) is 7.18. The molecule has 0 unspecified atom stereocenters. The molecule has 1 fully saturated rings. The van der Waals surface area contributed by atoms with Crippen molar-refractivity contribution in [2.24, 2.45) is 13.0 Å². The van der Waals surface area contributed by atoms with Gasteiger partial charge in [0.05, 0.1) is 6.20 Å². The van der Waals surface area contributed by atoms with Gasteiger partial charge in [0.15, 0.2) is 0 Å². The van der Waals surface area contributed by atoms with E-state index in [9.17, 15) is 4.79 Å². The summed E-state index contributed by atoms with van der Waals surface area (Å²) < 4.78 is 1.74. The van der Waals surface area contributed by atoms with Gasteiger partial charge >= 0.3 is 0 Å². The molecule has 26 heavy (non-hydrogen) atoms. The zero-order chi connectivity index (χ0) is 18.1. The lowest BCUT2D eigenvalue weighted by atomic mass is 9.97. The fourth-order valence-corrected chi connectivity index (χ4v) is 3.61. The molecule has 1 aliphatic rings. The van der Waals surface area contributed by atoms with E-state index in [2.05, 4.69) is 20.7 Å². The van der Waals surface area contributed by atoms with E-state index < -0.39 is 0 Å². The molecular formula is C19H20ClN5O. The van der Waals surface area contributed by atoms with Crippen LogP contribution in [-0.2, 0) is 11.8 Å². The standard InChI is InChI=1S/C19H20ClN5O/c1-25-11-15(10-23-25)16-6-13-8-18(22-9-14(13)7-17(16)20)24-19(26)12-2-4-21-5-3-12/h6-12,21H,2-5H2,1H3,(H,22,24,26). The number of nitrogens with zero attached hydrogens (tertiary/aromatic N) is 3. The van der Waals surface area contributed by atoms with Gasteiger partial charge in [-0.1, -0.05) is 11.6 Å². The zero-order valence-electron chi connectivity index (χ0n) is 14.5. The maximum Gasteiger partial charge on any atom is 0.228 e. The second-order valence-corrected chi connectivity index (χ2v) is 7.07. The summed E-state index contributed by atoms with van der Waals surface area (Å²) in [6.45, 7) is 1.77. The molecule has 1 amide bonds. The minimum Gasteiger partial charge on any atom is -0.317 e. The Hall–Kier alpha value is -2.44. The van der Waals surface area contributed by atoms with E-state index in [4.69, 9.17) is 11.6 Å². The minimum absolute atomic E-state index is 0.0415. The highest BCUT2D eigenvalue weighted by Gasteiger charge is 2.21. The summed E-state index contributed by atoms with van der Waals surface area (Å²) in [5.41, 5.74) is 1.87. The number of fused-ring (bicyclic) bond motifs is 1. The lowest BCUT2D eigenvalue weighted by Crippen LogP contribution is -2.34. The van der Waals surface area contributed by atoms with Crippen LogP contribution in [0.25, 0.3) is 21.9 Å². The normalized spacial score (nSPS) is 15.3. The van der Waals surface area contributed by atoms with E-state index in [-0.39, 0.29) is 11.8 Å². The molecule has 3 aromatic rings. The predicted octanol–water partition coefficient (Wildman–Crippen LogP) is 3.23. The van der Waals surface area contributed by atoms with Gasteiger partial charge in [0.1, 0.15) is 5.82 Å². The van der Waals surface area contributed by atoms with E-state index in [1.807, 2.05) is 31.4 Å². The van der Waals surface area contributed by atoms with Crippen LogP contribution in [0.3, 0.4) is 0 Å². The first-order valence-corrected chi connectivity index (χ1v) is 9.08. The van der Waals surface area contributed by atoms with Crippen LogP contribution in [0.1, 0.15) is 12.8 Å². The van der Waals surface area contributed by atoms with Crippen LogP contribution in [0.4, 0.5) is 5.82 Å². The molecule has 0 radical (unpaired) electrons. The van der Waals surface area contributed by atoms with Gasteiger partial charge in [-0.25, -0.2) is 4.98 Å². The van der Waals surface area contributed by atoms with Gasteiger partial charge in [0.25, 0.3) is 0 Å². The molecular weight excluding hydrogens is 350 g/mol. The molecule has 4 rings (SSSR count). The van der Waals surface area contributed by atoms with Crippen LogP contribution < -0.4 is 10.6 Å². The van der Waals surface area contributed by atoms with Crippen molar-refractivity contribution >= 4 is 34.1 Å². The molecule has 6 nitrogen and oxygen atoms in total. The number of anilines is 1. The number of amides is 1. The summed E-state index contributed by atoms with van der Waals surface area (Å²) in [5.74, 6) is 0.658. The van der Waals surface area contributed by atoms with E-state index >= 15 is 0 Å². The zero-order valence-corrected chi connectivity index (χ0v) is 15.3. The fraction of sp³-hybridized carbons (Fsp3) is 0.316. The smallest absolute Gasteiger partial charge is 0.228 e. The fourth-order valence-electron chi connectivity index (χ4n) is 3.33. The maximum absolute atomic E-state index is 12.4. The van der Waals surface area contributed by atoms with E-state index in [0.29, 0.717) is 10.8 Å². The van der Waals surface area contributed by atoms with Gasteiger partial charge in [-0.05, 0) is 49.5 Å². The number of pyridine rings is 1. The van der Waals surface area contributed by atoms with E-state index in [1.165, 1.54) is 0 Å². The average Bonchev–Trinajstić information content (AvgIpc) is 3.08. The van der Waals surface area contributed by atoms with E-state index in [1.54, 1.807) is 17.1 Å². The van der Waals surface area contributed by atoms with Crippen molar-refractivity contribution in [2.75, 3.05) is 18.4 Å². The number of aromatic nitrogens is 3. The topological polar surface area (TPSA) is 71.8 Å². The number of aryl methyl sites for hydroxylation is 1. The van der Waals surface area contributed by atoms with Crippen LogP contribution >= 0.6 is 11.6 Å². The molecule has 134 valence electrons. The van der Waals surface area contributed by atoms with Gasteiger partial charge in [-0.15, -0.1) is 0 Å².